The molecule has 0 aliphatic carbocycles. The minimum Gasteiger partial charge on any atom is -0.497 e. The van der Waals surface area contributed by atoms with Crippen LogP contribution < -0.4 is 14.8 Å². The number of amides is 2. The van der Waals surface area contributed by atoms with Crippen molar-refractivity contribution in [2.75, 3.05) is 33.3 Å². The van der Waals surface area contributed by atoms with E-state index < -0.39 is 11.6 Å². The molecule has 11 heteroatoms. The summed E-state index contributed by atoms with van der Waals surface area (Å²) in [7, 11) is 1.67. The standard InChI is InChI=1S/C35H39N3O5.O2S/c1-24-3-8-30(9-4-24)42-31-15-19-38(20-16-31)35(40)26-7-12-32-27(21-26)22-33(43-32)34(39)36-28-13-17-37(18-14-28)23-25-5-10-29(41-2)11-6-25;1-3-2/h3-12,21-22,28,31H,13-20,23H2,1-2H3,(H,36,39);. The van der Waals surface area contributed by atoms with Gasteiger partial charge < -0.3 is 24.1 Å². The maximum Gasteiger partial charge on any atom is 0.335 e. The van der Waals surface area contributed by atoms with Crippen LogP contribution in [-0.4, -0.2) is 75.5 Å². The molecule has 0 unspecified atom stereocenters. The van der Waals surface area contributed by atoms with Gasteiger partial charge in [-0.15, -0.1) is 0 Å². The Kier molecular flexibility index (Phi) is 11.2. The quantitative estimate of drug-likeness (QED) is 0.279. The SMILES string of the molecule is COc1ccc(CN2CCC(NC(=O)c3cc4cc(C(=O)N5CCC(Oc6ccc(C)cc6)CC5)ccc4o3)CC2)cc1.O=S=O. The molecule has 0 atom stereocenters. The first-order chi connectivity index (χ1) is 22.3. The number of nitrogens with one attached hydrogen (secondary N) is 1. The maximum atomic E-state index is 13.3. The molecule has 2 aliphatic heterocycles. The molecule has 0 bridgehead atoms. The fourth-order valence-corrected chi connectivity index (χ4v) is 5.94. The van der Waals surface area contributed by atoms with Crippen LogP contribution in [-0.2, 0) is 18.1 Å². The van der Waals surface area contributed by atoms with Crippen LogP contribution >= 0.6 is 0 Å². The van der Waals surface area contributed by atoms with Crippen LogP contribution in [0.2, 0.25) is 0 Å². The van der Waals surface area contributed by atoms with E-state index in [9.17, 15) is 9.59 Å². The van der Waals surface area contributed by atoms with Crippen LogP contribution in [0.4, 0.5) is 0 Å². The largest absolute Gasteiger partial charge is 0.497 e. The highest BCUT2D eigenvalue weighted by Crippen LogP contribution is 2.25. The van der Waals surface area contributed by atoms with E-state index in [0.717, 1.165) is 62.2 Å². The third kappa shape index (κ3) is 8.61. The zero-order chi connectivity index (χ0) is 32.5. The number of carbonyl (C=O) groups excluding carboxylic acids is 2. The number of nitrogens with zero attached hydrogens (tertiary/aromatic N) is 2. The molecular formula is C35H39N3O7S. The minimum atomic E-state index is -0.750. The number of fused-ring (bicyclic) bond motifs is 1. The third-order valence-electron chi connectivity index (χ3n) is 8.53. The maximum absolute atomic E-state index is 13.3. The van der Waals surface area contributed by atoms with Crippen molar-refractivity contribution in [2.45, 2.75) is 51.3 Å². The van der Waals surface area contributed by atoms with Crippen molar-refractivity contribution in [3.05, 3.63) is 95.2 Å². The lowest BCUT2D eigenvalue weighted by Gasteiger charge is -2.32. The Hall–Kier alpha value is -4.48. The number of methoxy groups -OCH3 is 1. The van der Waals surface area contributed by atoms with Crippen molar-refractivity contribution >= 4 is 34.4 Å². The molecule has 2 aliphatic rings. The number of hydrogen-bond acceptors (Lipinski definition) is 8. The van der Waals surface area contributed by atoms with Crippen LogP contribution in [0.1, 0.15) is 57.7 Å². The Labute approximate surface area is 272 Å². The van der Waals surface area contributed by atoms with E-state index in [4.69, 9.17) is 22.3 Å². The molecule has 2 saturated heterocycles. The summed E-state index contributed by atoms with van der Waals surface area (Å²) < 4.78 is 33.8. The summed E-state index contributed by atoms with van der Waals surface area (Å²) in [6.45, 7) is 6.06. The molecule has 0 spiro atoms. The molecule has 0 saturated carbocycles. The second kappa shape index (κ2) is 15.7. The molecule has 4 aromatic rings. The number of hydrogen-bond donors (Lipinski definition) is 1. The first kappa shape index (κ1) is 32.9. The fourth-order valence-electron chi connectivity index (χ4n) is 5.94. The summed E-state index contributed by atoms with van der Waals surface area (Å²) in [5.74, 6) is 1.78. The van der Waals surface area contributed by atoms with E-state index in [1.807, 2.05) is 47.4 Å². The van der Waals surface area contributed by atoms with Crippen LogP contribution in [0.15, 0.2) is 77.2 Å². The van der Waals surface area contributed by atoms with Crippen LogP contribution in [0.3, 0.4) is 0 Å². The van der Waals surface area contributed by atoms with E-state index in [1.54, 1.807) is 25.3 Å². The Morgan fingerprint density at radius 3 is 2.17 bits per heavy atom. The number of benzene rings is 3. The predicted octanol–water partition coefficient (Wildman–Crippen LogP) is 5.16. The van der Waals surface area contributed by atoms with Gasteiger partial charge in [-0.2, -0.15) is 8.42 Å². The number of aryl methyl sites for hydroxylation is 1. The summed E-state index contributed by atoms with van der Waals surface area (Å²) in [4.78, 5) is 30.6. The Balaban J connectivity index is 0.00000134. The molecule has 3 aromatic carbocycles. The van der Waals surface area contributed by atoms with Crippen LogP contribution in [0, 0.1) is 6.92 Å². The summed E-state index contributed by atoms with van der Waals surface area (Å²) in [5.41, 5.74) is 3.65. The van der Waals surface area contributed by atoms with Crippen molar-refractivity contribution < 1.29 is 31.9 Å². The molecule has 3 heterocycles. The van der Waals surface area contributed by atoms with E-state index in [2.05, 4.69) is 29.3 Å². The van der Waals surface area contributed by atoms with Crippen LogP contribution in [0.5, 0.6) is 11.5 Å². The fraction of sp³-hybridized carbons (Fsp3) is 0.371. The number of piperidine rings is 2. The second-order valence-corrected chi connectivity index (χ2v) is 11.9. The van der Waals surface area contributed by atoms with E-state index in [-0.39, 0.29) is 29.7 Å². The van der Waals surface area contributed by atoms with Gasteiger partial charge in [0.25, 0.3) is 11.8 Å². The van der Waals surface area contributed by atoms with Crippen molar-refractivity contribution in [1.29, 1.82) is 0 Å². The normalized spacial score (nSPS) is 15.9. The first-order valence-electron chi connectivity index (χ1n) is 15.5. The van der Waals surface area contributed by atoms with Gasteiger partial charge in [0, 0.05) is 62.6 Å². The molecule has 6 rings (SSSR count). The highest BCUT2D eigenvalue weighted by atomic mass is 32.1. The van der Waals surface area contributed by atoms with E-state index >= 15 is 0 Å². The van der Waals surface area contributed by atoms with Crippen molar-refractivity contribution in [3.63, 3.8) is 0 Å². The molecule has 46 heavy (non-hydrogen) atoms. The van der Waals surface area contributed by atoms with Crippen molar-refractivity contribution in [2.24, 2.45) is 0 Å². The lowest BCUT2D eigenvalue weighted by molar-refractivity contribution is 0.0595. The number of carbonyl (C=O) groups is 2. The molecule has 2 amide bonds. The first-order valence-corrected chi connectivity index (χ1v) is 16.2. The Morgan fingerprint density at radius 2 is 1.52 bits per heavy atom. The predicted molar refractivity (Wildman–Crippen MR) is 175 cm³/mol. The zero-order valence-electron chi connectivity index (χ0n) is 26.1. The topological polar surface area (TPSA) is 118 Å². The summed E-state index contributed by atoms with van der Waals surface area (Å²) in [6.07, 6.45) is 3.45. The van der Waals surface area contributed by atoms with Gasteiger partial charge in [0.2, 0.25) is 0 Å². The van der Waals surface area contributed by atoms with Crippen molar-refractivity contribution in [1.82, 2.24) is 15.1 Å². The monoisotopic (exact) mass is 645 g/mol. The molecule has 242 valence electrons. The summed E-state index contributed by atoms with van der Waals surface area (Å²) in [6, 6.07) is 23.5. The average Bonchev–Trinajstić information content (AvgIpc) is 3.51. The van der Waals surface area contributed by atoms with Gasteiger partial charge in [-0.25, -0.2) is 0 Å². The smallest absolute Gasteiger partial charge is 0.335 e. The molecule has 1 N–H and O–H groups in total. The number of likely N-dealkylation sites (tertiary alicyclic amines) is 2. The van der Waals surface area contributed by atoms with E-state index in [0.29, 0.717) is 24.2 Å². The third-order valence-corrected chi connectivity index (χ3v) is 8.53. The lowest BCUT2D eigenvalue weighted by Crippen LogP contribution is -2.44. The molecule has 10 nitrogen and oxygen atoms in total. The van der Waals surface area contributed by atoms with Gasteiger partial charge in [-0.05, 0) is 73.9 Å². The molecular weight excluding hydrogens is 606 g/mol. The molecule has 2 fully saturated rings. The minimum absolute atomic E-state index is 0.00992. The van der Waals surface area contributed by atoms with Gasteiger partial charge in [-0.1, -0.05) is 29.8 Å². The lowest BCUT2D eigenvalue weighted by atomic mass is 10.0. The number of rotatable bonds is 8. The van der Waals surface area contributed by atoms with E-state index in [1.165, 1.54) is 11.1 Å². The van der Waals surface area contributed by atoms with Gasteiger partial charge in [0.05, 0.1) is 7.11 Å². The summed E-state index contributed by atoms with van der Waals surface area (Å²) >= 11 is -0.750. The molecule has 1 aromatic heterocycles. The van der Waals surface area contributed by atoms with Gasteiger partial charge in [-0.3, -0.25) is 14.5 Å². The highest BCUT2D eigenvalue weighted by Gasteiger charge is 2.26. The summed E-state index contributed by atoms with van der Waals surface area (Å²) in [5, 5.41) is 3.90. The Morgan fingerprint density at radius 1 is 0.870 bits per heavy atom. The zero-order valence-corrected chi connectivity index (χ0v) is 26.9. The van der Waals surface area contributed by atoms with Gasteiger partial charge in [0.1, 0.15) is 23.2 Å². The van der Waals surface area contributed by atoms with Gasteiger partial charge in [0.15, 0.2) is 5.76 Å². The number of furan rings is 1. The Bertz CT molecular complexity index is 1650. The van der Waals surface area contributed by atoms with Crippen molar-refractivity contribution in [3.8, 4) is 11.5 Å². The molecule has 0 radical (unpaired) electrons. The second-order valence-electron chi connectivity index (χ2n) is 11.7. The number of ether oxygens (including phenoxy) is 2. The van der Waals surface area contributed by atoms with Crippen LogP contribution in [0.25, 0.3) is 11.0 Å². The van der Waals surface area contributed by atoms with Gasteiger partial charge >= 0.3 is 11.6 Å². The average molecular weight is 646 g/mol. The highest BCUT2D eigenvalue weighted by molar-refractivity contribution is 7.51.